The number of aromatic nitrogens is 2. The molecular formula is C28H37N5O6S. The third-order valence-corrected chi connectivity index (χ3v) is 7.79. The second-order valence-electron chi connectivity index (χ2n) is 12.2. The number of rotatable bonds is 4. The van der Waals surface area contributed by atoms with Gasteiger partial charge in [0.1, 0.15) is 11.2 Å². The SMILES string of the molecule is CC(C)(C)OC(=O)N(c1ccc2ncc(-c3cccc(S(N)(=O)=O)c3)n2c1)C1CCCN(C(=O)O)[C@@H]1C(C)(C)C. The van der Waals surface area contributed by atoms with E-state index in [1.807, 2.05) is 20.8 Å². The average molecular weight is 572 g/mol. The lowest BCUT2D eigenvalue weighted by atomic mass is 9.77. The Morgan fingerprint density at radius 1 is 1.12 bits per heavy atom. The number of fused-ring (bicyclic) bond motifs is 1. The van der Waals surface area contributed by atoms with Gasteiger partial charge in [-0.05, 0) is 63.3 Å². The van der Waals surface area contributed by atoms with Crippen molar-refractivity contribution in [2.75, 3.05) is 11.4 Å². The fourth-order valence-electron chi connectivity index (χ4n) is 5.41. The van der Waals surface area contributed by atoms with E-state index in [1.54, 1.807) is 66.7 Å². The minimum atomic E-state index is -3.92. The summed E-state index contributed by atoms with van der Waals surface area (Å²) in [6.45, 7) is 11.6. The van der Waals surface area contributed by atoms with Crippen LogP contribution in [0.4, 0.5) is 15.3 Å². The van der Waals surface area contributed by atoms with Gasteiger partial charge in [0, 0.05) is 18.3 Å². The standard InChI is InChI=1S/C28H37N5O6S/c1-27(2,3)24-21(11-8-14-31(24)25(34)35)33(26(36)39-28(4,5)6)19-12-13-23-30-16-22(32(23)17-19)18-9-7-10-20(15-18)40(29,37)38/h7,9-10,12-13,15-17,21,24H,8,11,14H2,1-6H3,(H,34,35)(H2,29,37,38)/t21?,24-/m0/s1. The number of pyridine rings is 1. The summed E-state index contributed by atoms with van der Waals surface area (Å²) in [5.74, 6) is 0. The van der Waals surface area contributed by atoms with Crippen molar-refractivity contribution >= 4 is 33.5 Å². The molecule has 2 aromatic heterocycles. The minimum absolute atomic E-state index is 0.0320. The molecule has 12 heteroatoms. The molecule has 1 aromatic carbocycles. The zero-order valence-electron chi connectivity index (χ0n) is 23.7. The Bertz CT molecular complexity index is 1540. The Labute approximate surface area is 234 Å². The number of likely N-dealkylation sites (tertiary alicyclic amines) is 1. The molecular weight excluding hydrogens is 534 g/mol. The smallest absolute Gasteiger partial charge is 0.415 e. The molecule has 4 rings (SSSR count). The highest BCUT2D eigenvalue weighted by Gasteiger charge is 2.46. The molecule has 1 fully saturated rings. The molecule has 3 aromatic rings. The van der Waals surface area contributed by atoms with Crippen molar-refractivity contribution in [1.82, 2.24) is 14.3 Å². The van der Waals surface area contributed by atoms with Crippen LogP contribution >= 0.6 is 0 Å². The summed E-state index contributed by atoms with van der Waals surface area (Å²) in [4.78, 5) is 33.5. The summed E-state index contributed by atoms with van der Waals surface area (Å²) in [6, 6.07) is 8.74. The first-order valence-corrected chi connectivity index (χ1v) is 14.6. The van der Waals surface area contributed by atoms with E-state index in [0.717, 1.165) is 0 Å². The number of hydrogen-bond acceptors (Lipinski definition) is 6. The summed E-state index contributed by atoms with van der Waals surface area (Å²) in [5.41, 5.74) is 0.966. The van der Waals surface area contributed by atoms with E-state index in [4.69, 9.17) is 9.88 Å². The van der Waals surface area contributed by atoms with Crippen LogP contribution in [0.2, 0.25) is 0 Å². The van der Waals surface area contributed by atoms with Crippen LogP contribution in [-0.2, 0) is 14.8 Å². The van der Waals surface area contributed by atoms with Gasteiger partial charge in [-0.3, -0.25) is 9.30 Å². The first-order chi connectivity index (χ1) is 18.5. The van der Waals surface area contributed by atoms with Crippen molar-refractivity contribution in [3.05, 3.63) is 48.8 Å². The molecule has 0 bridgehead atoms. The van der Waals surface area contributed by atoms with E-state index in [9.17, 15) is 23.1 Å². The monoisotopic (exact) mass is 571 g/mol. The topological polar surface area (TPSA) is 148 Å². The quantitative estimate of drug-likeness (QED) is 0.450. The Balaban J connectivity index is 1.89. The zero-order chi connectivity index (χ0) is 29.6. The third kappa shape index (κ3) is 6.07. The molecule has 0 spiro atoms. The molecule has 1 aliphatic rings. The van der Waals surface area contributed by atoms with E-state index < -0.39 is 45.3 Å². The summed E-state index contributed by atoms with van der Waals surface area (Å²) in [6.07, 6.45) is 2.90. The Hall–Kier alpha value is -3.64. The molecule has 3 N–H and O–H groups in total. The summed E-state index contributed by atoms with van der Waals surface area (Å²) in [7, 11) is -3.92. The van der Waals surface area contributed by atoms with Crippen LogP contribution in [0.15, 0.2) is 53.7 Å². The molecule has 1 unspecified atom stereocenters. The first-order valence-electron chi connectivity index (χ1n) is 13.1. The van der Waals surface area contributed by atoms with E-state index in [0.29, 0.717) is 42.0 Å². The minimum Gasteiger partial charge on any atom is -0.465 e. The molecule has 2 atom stereocenters. The van der Waals surface area contributed by atoms with Crippen LogP contribution in [0.25, 0.3) is 16.9 Å². The van der Waals surface area contributed by atoms with Crippen LogP contribution in [0.5, 0.6) is 0 Å². The number of benzene rings is 1. The van der Waals surface area contributed by atoms with Gasteiger partial charge >= 0.3 is 12.2 Å². The predicted molar refractivity (Wildman–Crippen MR) is 152 cm³/mol. The maximum Gasteiger partial charge on any atom is 0.415 e. The number of sulfonamides is 1. The van der Waals surface area contributed by atoms with Crippen molar-refractivity contribution < 1.29 is 27.9 Å². The van der Waals surface area contributed by atoms with Crippen LogP contribution in [0.1, 0.15) is 54.4 Å². The molecule has 216 valence electrons. The molecule has 0 aliphatic carbocycles. The summed E-state index contributed by atoms with van der Waals surface area (Å²) in [5, 5.41) is 15.4. The maximum absolute atomic E-state index is 13.8. The predicted octanol–water partition coefficient (Wildman–Crippen LogP) is 4.95. The van der Waals surface area contributed by atoms with Crippen molar-refractivity contribution in [2.45, 2.75) is 77.0 Å². The number of primary sulfonamides is 1. The second-order valence-corrected chi connectivity index (χ2v) is 13.7. The number of amides is 2. The van der Waals surface area contributed by atoms with Gasteiger partial charge in [-0.15, -0.1) is 0 Å². The van der Waals surface area contributed by atoms with E-state index in [-0.39, 0.29) is 4.90 Å². The van der Waals surface area contributed by atoms with Gasteiger partial charge in [0.05, 0.1) is 34.6 Å². The molecule has 0 radical (unpaired) electrons. The van der Waals surface area contributed by atoms with E-state index in [2.05, 4.69) is 4.98 Å². The number of carbonyl (C=O) groups excluding carboxylic acids is 1. The number of carbonyl (C=O) groups is 2. The van der Waals surface area contributed by atoms with Gasteiger partial charge in [0.15, 0.2) is 0 Å². The van der Waals surface area contributed by atoms with Crippen molar-refractivity contribution in [2.24, 2.45) is 10.6 Å². The lowest BCUT2D eigenvalue weighted by Crippen LogP contribution is -2.63. The number of piperidine rings is 1. The van der Waals surface area contributed by atoms with Gasteiger partial charge in [0.2, 0.25) is 10.0 Å². The average Bonchev–Trinajstić information content (AvgIpc) is 3.25. The van der Waals surface area contributed by atoms with Crippen LogP contribution in [0, 0.1) is 5.41 Å². The Morgan fingerprint density at radius 2 is 1.82 bits per heavy atom. The normalized spacial score (nSPS) is 18.5. The Kier molecular flexibility index (Phi) is 7.63. The third-order valence-electron chi connectivity index (χ3n) is 6.88. The van der Waals surface area contributed by atoms with Crippen LogP contribution in [0.3, 0.4) is 0 Å². The Morgan fingerprint density at radius 3 is 2.42 bits per heavy atom. The number of nitrogens with two attached hydrogens (primary N) is 1. The molecule has 40 heavy (non-hydrogen) atoms. The van der Waals surface area contributed by atoms with E-state index >= 15 is 0 Å². The molecule has 1 aliphatic heterocycles. The zero-order valence-corrected chi connectivity index (χ0v) is 24.5. The fourth-order valence-corrected chi connectivity index (χ4v) is 5.97. The van der Waals surface area contributed by atoms with Gasteiger partial charge < -0.3 is 14.7 Å². The highest BCUT2D eigenvalue weighted by Crippen LogP contribution is 2.38. The second kappa shape index (κ2) is 10.4. The van der Waals surface area contributed by atoms with E-state index in [1.165, 1.54) is 17.0 Å². The number of hydrogen-bond donors (Lipinski definition) is 2. The van der Waals surface area contributed by atoms with Crippen LogP contribution in [-0.4, -0.2) is 64.2 Å². The van der Waals surface area contributed by atoms with Gasteiger partial charge in [-0.2, -0.15) is 0 Å². The molecule has 2 amide bonds. The van der Waals surface area contributed by atoms with Crippen molar-refractivity contribution in [3.8, 4) is 11.3 Å². The van der Waals surface area contributed by atoms with Crippen molar-refractivity contribution in [1.29, 1.82) is 0 Å². The summed E-state index contributed by atoms with van der Waals surface area (Å²) >= 11 is 0. The molecule has 11 nitrogen and oxygen atoms in total. The highest BCUT2D eigenvalue weighted by molar-refractivity contribution is 7.89. The number of carboxylic acid groups (broad SMARTS) is 1. The molecule has 3 heterocycles. The number of imidazole rings is 1. The molecule has 1 saturated heterocycles. The number of nitrogens with zero attached hydrogens (tertiary/aromatic N) is 4. The lowest BCUT2D eigenvalue weighted by Gasteiger charge is -2.50. The number of ether oxygens (including phenoxy) is 1. The van der Waals surface area contributed by atoms with Crippen LogP contribution < -0.4 is 10.0 Å². The van der Waals surface area contributed by atoms with Crippen molar-refractivity contribution in [3.63, 3.8) is 0 Å². The van der Waals surface area contributed by atoms with Gasteiger partial charge in [-0.1, -0.05) is 32.9 Å². The van der Waals surface area contributed by atoms with Gasteiger partial charge in [-0.25, -0.2) is 28.1 Å². The first kappa shape index (κ1) is 29.3. The number of anilines is 1. The highest BCUT2D eigenvalue weighted by atomic mass is 32.2. The largest absolute Gasteiger partial charge is 0.465 e. The summed E-state index contributed by atoms with van der Waals surface area (Å²) < 4.78 is 31.5. The molecule has 0 saturated carbocycles. The van der Waals surface area contributed by atoms with Gasteiger partial charge in [0.25, 0.3) is 0 Å². The fraction of sp³-hybridized carbons (Fsp3) is 0.464. The lowest BCUT2D eigenvalue weighted by molar-refractivity contribution is 0.0311. The maximum atomic E-state index is 13.8.